The topological polar surface area (TPSA) is 81.8 Å². The number of hydrogen-bond acceptors (Lipinski definition) is 4. The van der Waals surface area contributed by atoms with Crippen LogP contribution in [0.15, 0.2) is 24.3 Å². The third-order valence-corrected chi connectivity index (χ3v) is 4.55. The van der Waals surface area contributed by atoms with Gasteiger partial charge in [0.2, 0.25) is 5.91 Å². The highest BCUT2D eigenvalue weighted by atomic mass is 16.2. The number of amides is 3. The molecule has 0 spiro atoms. The maximum Gasteiger partial charge on any atom is 0.309 e. The Morgan fingerprint density at radius 2 is 1.64 bits per heavy atom. The van der Waals surface area contributed by atoms with Gasteiger partial charge in [-0.25, -0.2) is 0 Å². The molecular weight excluding hydrogens is 320 g/mol. The first kappa shape index (κ1) is 17.3. The number of piperazine rings is 1. The zero-order valence-electron chi connectivity index (χ0n) is 14.5. The van der Waals surface area contributed by atoms with Gasteiger partial charge in [-0.05, 0) is 31.9 Å². The molecule has 1 aromatic carbocycles. The number of hydrogen-bond donors (Lipinski definition) is 2. The smallest absolute Gasteiger partial charge is 0.309 e. The number of nitrogens with zero attached hydrogens (tertiary/aromatic N) is 2. The van der Waals surface area contributed by atoms with Gasteiger partial charge in [0.1, 0.15) is 0 Å². The summed E-state index contributed by atoms with van der Waals surface area (Å²) in [6.07, 6.45) is 1.84. The Labute approximate surface area is 147 Å². The normalized spacial score (nSPS) is 17.2. The molecule has 0 radical (unpaired) electrons. The van der Waals surface area contributed by atoms with E-state index >= 15 is 0 Å². The summed E-state index contributed by atoms with van der Waals surface area (Å²) in [7, 11) is 0. The second-order valence-corrected chi connectivity index (χ2v) is 6.63. The van der Waals surface area contributed by atoms with Crippen molar-refractivity contribution in [2.75, 3.05) is 37.6 Å². The van der Waals surface area contributed by atoms with Crippen LogP contribution >= 0.6 is 0 Å². The fraction of sp³-hybridized carbons (Fsp3) is 0.500. The van der Waals surface area contributed by atoms with Crippen molar-refractivity contribution in [3.63, 3.8) is 0 Å². The minimum absolute atomic E-state index is 0.129. The Balaban J connectivity index is 1.41. The predicted octanol–water partition coefficient (Wildman–Crippen LogP) is 0.0384. The monoisotopic (exact) mass is 344 g/mol. The van der Waals surface area contributed by atoms with E-state index < -0.39 is 11.8 Å². The highest BCUT2D eigenvalue weighted by Crippen LogP contribution is 2.18. The molecule has 2 N–H and O–H groups in total. The summed E-state index contributed by atoms with van der Waals surface area (Å²) in [5.74, 6) is -1.55. The van der Waals surface area contributed by atoms with Gasteiger partial charge in [0, 0.05) is 37.9 Å². The van der Waals surface area contributed by atoms with E-state index in [2.05, 4.69) is 46.7 Å². The lowest BCUT2D eigenvalue weighted by molar-refractivity contribution is -0.140. The lowest BCUT2D eigenvalue weighted by Gasteiger charge is -2.36. The van der Waals surface area contributed by atoms with Crippen molar-refractivity contribution >= 4 is 23.4 Å². The summed E-state index contributed by atoms with van der Waals surface area (Å²) < 4.78 is 0. The molecule has 0 unspecified atom stereocenters. The predicted molar refractivity (Wildman–Crippen MR) is 94.1 cm³/mol. The summed E-state index contributed by atoms with van der Waals surface area (Å²) in [4.78, 5) is 39.4. The number of anilines is 1. The highest BCUT2D eigenvalue weighted by molar-refractivity contribution is 6.35. The largest absolute Gasteiger partial charge is 0.368 e. The van der Waals surface area contributed by atoms with E-state index in [1.54, 1.807) is 4.90 Å². The van der Waals surface area contributed by atoms with E-state index in [1.807, 2.05) is 0 Å². The van der Waals surface area contributed by atoms with Gasteiger partial charge >= 0.3 is 11.8 Å². The van der Waals surface area contributed by atoms with E-state index in [9.17, 15) is 14.4 Å². The number of benzene rings is 1. The molecule has 0 atom stereocenters. The van der Waals surface area contributed by atoms with Gasteiger partial charge in [-0.2, -0.15) is 0 Å². The number of carbonyl (C=O) groups is 3. The van der Waals surface area contributed by atoms with Crippen LogP contribution in [-0.4, -0.2) is 61.4 Å². The molecule has 1 aliphatic heterocycles. The van der Waals surface area contributed by atoms with Crippen LogP contribution in [0, 0.1) is 6.92 Å². The molecule has 3 amide bonds. The first-order chi connectivity index (χ1) is 12.0. The Hall–Kier alpha value is -2.57. The average molecular weight is 344 g/mol. The second kappa shape index (κ2) is 7.55. The molecule has 7 heteroatoms. The van der Waals surface area contributed by atoms with Crippen LogP contribution in [0.4, 0.5) is 5.69 Å². The number of aryl methyl sites for hydroxylation is 1. The van der Waals surface area contributed by atoms with Crippen LogP contribution in [0.5, 0.6) is 0 Å². The summed E-state index contributed by atoms with van der Waals surface area (Å²) in [5.41, 5.74) is 2.38. The first-order valence-electron chi connectivity index (χ1n) is 8.71. The van der Waals surface area contributed by atoms with Crippen LogP contribution in [-0.2, 0) is 14.4 Å². The fourth-order valence-corrected chi connectivity index (χ4v) is 2.80. The average Bonchev–Trinajstić information content (AvgIpc) is 3.44. The Bertz CT molecular complexity index is 647. The number of nitrogens with one attached hydrogen (secondary N) is 2. The summed E-state index contributed by atoms with van der Waals surface area (Å²) >= 11 is 0. The zero-order valence-corrected chi connectivity index (χ0v) is 14.5. The minimum atomic E-state index is -0.737. The molecule has 1 heterocycles. The van der Waals surface area contributed by atoms with Gasteiger partial charge in [0.15, 0.2) is 0 Å². The van der Waals surface area contributed by atoms with E-state index in [0.29, 0.717) is 13.1 Å². The highest BCUT2D eigenvalue weighted by Gasteiger charge is 2.27. The van der Waals surface area contributed by atoms with Crippen molar-refractivity contribution in [3.8, 4) is 0 Å². The zero-order chi connectivity index (χ0) is 17.8. The molecule has 1 saturated carbocycles. The molecule has 1 aromatic rings. The summed E-state index contributed by atoms with van der Waals surface area (Å²) in [6, 6.07) is 8.46. The molecule has 134 valence electrons. The maximum atomic E-state index is 12.2. The van der Waals surface area contributed by atoms with Crippen LogP contribution in [0.2, 0.25) is 0 Å². The van der Waals surface area contributed by atoms with Crippen LogP contribution in [0.3, 0.4) is 0 Å². The van der Waals surface area contributed by atoms with E-state index in [-0.39, 0.29) is 18.5 Å². The van der Waals surface area contributed by atoms with Crippen molar-refractivity contribution in [1.82, 2.24) is 15.5 Å². The SMILES string of the molecule is Cc1ccc(N2CCN(C(=O)CNC(=O)C(=O)NC3CC3)CC2)cc1. The third kappa shape index (κ3) is 4.71. The van der Waals surface area contributed by atoms with Crippen molar-refractivity contribution in [2.24, 2.45) is 0 Å². The lowest BCUT2D eigenvalue weighted by atomic mass is 10.2. The third-order valence-electron chi connectivity index (χ3n) is 4.55. The first-order valence-corrected chi connectivity index (χ1v) is 8.71. The van der Waals surface area contributed by atoms with Gasteiger partial charge < -0.3 is 20.4 Å². The number of rotatable bonds is 4. The molecule has 1 aliphatic carbocycles. The van der Waals surface area contributed by atoms with Gasteiger partial charge in [-0.15, -0.1) is 0 Å². The Morgan fingerprint density at radius 1 is 1.00 bits per heavy atom. The van der Waals surface area contributed by atoms with Crippen LogP contribution in [0.1, 0.15) is 18.4 Å². The molecule has 0 bridgehead atoms. The van der Waals surface area contributed by atoms with E-state index in [0.717, 1.165) is 31.6 Å². The second-order valence-electron chi connectivity index (χ2n) is 6.63. The van der Waals surface area contributed by atoms with Gasteiger partial charge in [0.25, 0.3) is 0 Å². The van der Waals surface area contributed by atoms with Crippen molar-refractivity contribution in [1.29, 1.82) is 0 Å². The fourth-order valence-electron chi connectivity index (χ4n) is 2.80. The molecule has 0 aromatic heterocycles. The van der Waals surface area contributed by atoms with Crippen molar-refractivity contribution in [3.05, 3.63) is 29.8 Å². The lowest BCUT2D eigenvalue weighted by Crippen LogP contribution is -2.52. The summed E-state index contributed by atoms with van der Waals surface area (Å²) in [6.45, 7) is 4.64. The van der Waals surface area contributed by atoms with E-state index in [4.69, 9.17) is 0 Å². The molecule has 2 aliphatic rings. The van der Waals surface area contributed by atoms with Crippen molar-refractivity contribution < 1.29 is 14.4 Å². The van der Waals surface area contributed by atoms with Crippen LogP contribution < -0.4 is 15.5 Å². The summed E-state index contributed by atoms with van der Waals surface area (Å²) in [5, 5.41) is 5.01. The van der Waals surface area contributed by atoms with E-state index in [1.165, 1.54) is 5.56 Å². The standard InChI is InChI=1S/C18H24N4O3/c1-13-2-6-15(7-3-13)21-8-10-22(11-9-21)16(23)12-19-17(24)18(25)20-14-4-5-14/h2-3,6-7,14H,4-5,8-12H2,1H3,(H,19,24)(H,20,25). The van der Waals surface area contributed by atoms with Gasteiger partial charge in [-0.3, -0.25) is 14.4 Å². The molecular formula is C18H24N4O3. The molecule has 2 fully saturated rings. The Kier molecular flexibility index (Phi) is 5.21. The molecule has 7 nitrogen and oxygen atoms in total. The molecule has 1 saturated heterocycles. The maximum absolute atomic E-state index is 12.2. The number of carbonyl (C=O) groups excluding carboxylic acids is 3. The Morgan fingerprint density at radius 3 is 2.24 bits per heavy atom. The van der Waals surface area contributed by atoms with Crippen molar-refractivity contribution in [2.45, 2.75) is 25.8 Å². The molecule has 3 rings (SSSR count). The minimum Gasteiger partial charge on any atom is -0.368 e. The quantitative estimate of drug-likeness (QED) is 0.756. The van der Waals surface area contributed by atoms with Gasteiger partial charge in [-0.1, -0.05) is 17.7 Å². The van der Waals surface area contributed by atoms with Crippen LogP contribution in [0.25, 0.3) is 0 Å². The van der Waals surface area contributed by atoms with Gasteiger partial charge in [0.05, 0.1) is 6.54 Å². The molecule has 25 heavy (non-hydrogen) atoms.